The van der Waals surface area contributed by atoms with Crippen molar-refractivity contribution in [2.24, 2.45) is 0 Å². The first-order valence-electron chi connectivity index (χ1n) is 6.50. The number of hydrogen-bond donors (Lipinski definition) is 1. The van der Waals surface area contributed by atoms with Gasteiger partial charge in [-0.1, -0.05) is 0 Å². The van der Waals surface area contributed by atoms with Crippen molar-refractivity contribution in [2.75, 3.05) is 19.1 Å². The molecular weight excluding hydrogens is 335 g/mol. The van der Waals surface area contributed by atoms with Crippen LogP contribution in [0.3, 0.4) is 0 Å². The number of halogens is 3. The molecule has 0 aromatic heterocycles. The summed E-state index contributed by atoms with van der Waals surface area (Å²) in [5.41, 5.74) is 0.109. The number of amides is 1. The number of ether oxygens (including phenoxy) is 2. The highest BCUT2D eigenvalue weighted by Crippen LogP contribution is 2.22. The van der Waals surface area contributed by atoms with Crippen LogP contribution in [0.1, 0.15) is 16.8 Å². The molecule has 0 bridgehead atoms. The zero-order valence-corrected chi connectivity index (χ0v) is 13.3. The minimum absolute atomic E-state index is 0.109. The number of benzene rings is 1. The van der Waals surface area contributed by atoms with E-state index in [-0.39, 0.29) is 5.56 Å². The monoisotopic (exact) mass is 351 g/mol. The van der Waals surface area contributed by atoms with Crippen molar-refractivity contribution in [3.63, 3.8) is 0 Å². The number of hydrogen-bond acceptors (Lipinski definition) is 5. The van der Waals surface area contributed by atoms with E-state index in [0.717, 1.165) is 12.1 Å². The number of carbonyl (C=O) groups is 2. The van der Waals surface area contributed by atoms with Crippen molar-refractivity contribution in [3.8, 4) is 5.75 Å². The zero-order valence-electron chi connectivity index (χ0n) is 12.5. The molecule has 9 heteroatoms. The molecule has 23 heavy (non-hydrogen) atoms. The van der Waals surface area contributed by atoms with E-state index < -0.39 is 30.0 Å². The Kier molecular flexibility index (Phi) is 7.21. The second-order valence-electron chi connectivity index (χ2n) is 4.40. The lowest BCUT2D eigenvalue weighted by atomic mass is 10.1. The predicted octanol–water partition coefficient (Wildman–Crippen LogP) is 2.61. The zero-order chi connectivity index (χ0) is 17.5. The molecule has 0 saturated carbocycles. The molecule has 5 nitrogen and oxygen atoms in total. The van der Waals surface area contributed by atoms with Gasteiger partial charge in [-0.2, -0.15) is 11.8 Å². The molecule has 1 atom stereocenters. The molecule has 0 heterocycles. The van der Waals surface area contributed by atoms with Gasteiger partial charge in [-0.3, -0.25) is 4.79 Å². The minimum Gasteiger partial charge on any atom is -0.467 e. The summed E-state index contributed by atoms with van der Waals surface area (Å²) in [6, 6.07) is 3.60. The molecule has 0 radical (unpaired) electrons. The highest BCUT2D eigenvalue weighted by molar-refractivity contribution is 7.98. The molecule has 0 aliphatic heterocycles. The maximum atomic E-state index is 12.1. The summed E-state index contributed by atoms with van der Waals surface area (Å²) in [5, 5.41) is 2.50. The van der Waals surface area contributed by atoms with Crippen molar-refractivity contribution < 1.29 is 32.2 Å². The van der Waals surface area contributed by atoms with Gasteiger partial charge in [0.05, 0.1) is 7.11 Å². The van der Waals surface area contributed by atoms with Crippen LogP contribution in [0.25, 0.3) is 0 Å². The van der Waals surface area contributed by atoms with Gasteiger partial charge in [0.1, 0.15) is 11.8 Å². The van der Waals surface area contributed by atoms with Gasteiger partial charge in [0, 0.05) is 5.56 Å². The van der Waals surface area contributed by atoms with E-state index in [1.165, 1.54) is 31.0 Å². The van der Waals surface area contributed by atoms with Crippen molar-refractivity contribution in [1.29, 1.82) is 0 Å². The quantitative estimate of drug-likeness (QED) is 0.765. The molecule has 1 unspecified atom stereocenters. The third kappa shape index (κ3) is 6.81. The highest BCUT2D eigenvalue weighted by Gasteiger charge is 2.31. The van der Waals surface area contributed by atoms with Gasteiger partial charge in [0.2, 0.25) is 0 Å². The number of thioether (sulfide) groups is 1. The van der Waals surface area contributed by atoms with Crippen LogP contribution in [-0.4, -0.2) is 43.4 Å². The Bertz CT molecular complexity index is 534. The van der Waals surface area contributed by atoms with E-state index in [2.05, 4.69) is 14.8 Å². The minimum atomic E-state index is -4.79. The van der Waals surface area contributed by atoms with Gasteiger partial charge < -0.3 is 14.8 Å². The van der Waals surface area contributed by atoms with Crippen LogP contribution in [0.5, 0.6) is 5.75 Å². The second-order valence-corrected chi connectivity index (χ2v) is 5.39. The largest absolute Gasteiger partial charge is 0.573 e. The maximum absolute atomic E-state index is 12.1. The van der Waals surface area contributed by atoms with Crippen molar-refractivity contribution in [2.45, 2.75) is 18.8 Å². The summed E-state index contributed by atoms with van der Waals surface area (Å²) in [5.74, 6) is -0.955. The second kappa shape index (κ2) is 8.66. The van der Waals surface area contributed by atoms with Crippen LogP contribution >= 0.6 is 11.8 Å². The van der Waals surface area contributed by atoms with Crippen LogP contribution in [0.4, 0.5) is 13.2 Å². The summed E-state index contributed by atoms with van der Waals surface area (Å²) >= 11 is 1.51. The van der Waals surface area contributed by atoms with Gasteiger partial charge in [0.25, 0.3) is 5.91 Å². The Labute approximate surface area is 135 Å². The van der Waals surface area contributed by atoms with E-state index in [0.29, 0.717) is 12.2 Å². The standard InChI is InChI=1S/C14H16F3NO4S/c1-21-13(20)11(7-8-23-2)18-12(19)9-3-5-10(6-4-9)22-14(15,16)17/h3-6,11H,7-8H2,1-2H3,(H,18,19). The maximum Gasteiger partial charge on any atom is 0.573 e. The summed E-state index contributed by atoms with van der Waals surface area (Å²) in [7, 11) is 1.21. The number of esters is 1. The molecule has 1 N–H and O–H groups in total. The number of alkyl halides is 3. The van der Waals surface area contributed by atoms with E-state index in [1.807, 2.05) is 6.26 Å². The number of methoxy groups -OCH3 is 1. The van der Waals surface area contributed by atoms with Crippen LogP contribution in [0.15, 0.2) is 24.3 Å². The van der Waals surface area contributed by atoms with Crippen LogP contribution in [0, 0.1) is 0 Å². The van der Waals surface area contributed by atoms with Gasteiger partial charge >= 0.3 is 12.3 Å². The Morgan fingerprint density at radius 3 is 2.35 bits per heavy atom. The lowest BCUT2D eigenvalue weighted by molar-refractivity contribution is -0.274. The van der Waals surface area contributed by atoms with Gasteiger partial charge in [-0.05, 0) is 42.7 Å². The Hall–Kier alpha value is -1.90. The van der Waals surface area contributed by atoms with E-state index in [9.17, 15) is 22.8 Å². The first kappa shape index (κ1) is 19.1. The SMILES string of the molecule is COC(=O)C(CCSC)NC(=O)c1ccc(OC(F)(F)F)cc1. The molecule has 1 aromatic carbocycles. The Balaban J connectivity index is 2.73. The van der Waals surface area contributed by atoms with E-state index in [1.54, 1.807) is 0 Å². The van der Waals surface area contributed by atoms with Gasteiger partial charge in [0.15, 0.2) is 0 Å². The molecule has 0 spiro atoms. The molecule has 1 aromatic rings. The van der Waals surface area contributed by atoms with Crippen molar-refractivity contribution >= 4 is 23.6 Å². The molecule has 1 rings (SSSR count). The molecule has 0 fully saturated rings. The Morgan fingerprint density at radius 2 is 1.87 bits per heavy atom. The lowest BCUT2D eigenvalue weighted by Crippen LogP contribution is -2.41. The fourth-order valence-corrected chi connectivity index (χ4v) is 2.15. The Morgan fingerprint density at radius 1 is 1.26 bits per heavy atom. The summed E-state index contributed by atoms with van der Waals surface area (Å²) in [6.45, 7) is 0. The van der Waals surface area contributed by atoms with Gasteiger partial charge in [-0.15, -0.1) is 13.2 Å². The van der Waals surface area contributed by atoms with Crippen LogP contribution < -0.4 is 10.1 Å². The van der Waals surface area contributed by atoms with Gasteiger partial charge in [-0.25, -0.2) is 4.79 Å². The molecule has 0 saturated heterocycles. The first-order chi connectivity index (χ1) is 10.8. The molecule has 1 amide bonds. The number of carbonyl (C=O) groups excluding carboxylic acids is 2. The number of nitrogens with one attached hydrogen (secondary N) is 1. The average Bonchev–Trinajstić information content (AvgIpc) is 2.49. The summed E-state index contributed by atoms with van der Waals surface area (Å²) < 4.78 is 44.5. The van der Waals surface area contributed by atoms with Crippen LogP contribution in [-0.2, 0) is 9.53 Å². The molecular formula is C14H16F3NO4S. The average molecular weight is 351 g/mol. The summed E-state index contributed by atoms with van der Waals surface area (Å²) in [4.78, 5) is 23.7. The smallest absolute Gasteiger partial charge is 0.467 e. The third-order valence-electron chi connectivity index (χ3n) is 2.75. The van der Waals surface area contributed by atoms with E-state index >= 15 is 0 Å². The topological polar surface area (TPSA) is 64.6 Å². The van der Waals surface area contributed by atoms with E-state index in [4.69, 9.17) is 0 Å². The highest BCUT2D eigenvalue weighted by atomic mass is 32.2. The van der Waals surface area contributed by atoms with Crippen molar-refractivity contribution in [3.05, 3.63) is 29.8 Å². The molecule has 0 aliphatic rings. The lowest BCUT2D eigenvalue weighted by Gasteiger charge is -2.16. The first-order valence-corrected chi connectivity index (χ1v) is 7.89. The predicted molar refractivity (Wildman–Crippen MR) is 79.4 cm³/mol. The normalized spacial score (nSPS) is 12.4. The fraction of sp³-hybridized carbons (Fsp3) is 0.429. The fourth-order valence-electron chi connectivity index (χ4n) is 1.68. The molecule has 128 valence electrons. The van der Waals surface area contributed by atoms with Crippen molar-refractivity contribution in [1.82, 2.24) is 5.32 Å². The third-order valence-corrected chi connectivity index (χ3v) is 3.40. The number of rotatable bonds is 7. The van der Waals surface area contributed by atoms with Crippen LogP contribution in [0.2, 0.25) is 0 Å². The summed E-state index contributed by atoms with van der Waals surface area (Å²) in [6.07, 6.45) is -2.55. The molecule has 0 aliphatic carbocycles.